The lowest BCUT2D eigenvalue weighted by molar-refractivity contribution is 1.45. The lowest BCUT2D eigenvalue weighted by Gasteiger charge is -2.02. The van der Waals surface area contributed by atoms with Gasteiger partial charge in [-0.2, -0.15) is 0 Å². The molecular formula is C9H10Cl2N2. The SMILES string of the molecule is CC(=Nc1ccccc1N)C(Cl)Cl. The van der Waals surface area contributed by atoms with Crippen LogP contribution in [0, 0.1) is 0 Å². The largest absolute Gasteiger partial charge is 0.397 e. The van der Waals surface area contributed by atoms with E-state index in [0.717, 1.165) is 0 Å². The number of aliphatic imine (C=N–C) groups is 1. The van der Waals surface area contributed by atoms with Gasteiger partial charge in [0.15, 0.2) is 0 Å². The van der Waals surface area contributed by atoms with Gasteiger partial charge >= 0.3 is 0 Å². The molecular weight excluding hydrogens is 207 g/mol. The Labute approximate surface area is 87.4 Å². The summed E-state index contributed by atoms with van der Waals surface area (Å²) in [7, 11) is 0. The van der Waals surface area contributed by atoms with Crippen molar-refractivity contribution >= 4 is 40.3 Å². The van der Waals surface area contributed by atoms with Crippen molar-refractivity contribution in [3.8, 4) is 0 Å². The van der Waals surface area contributed by atoms with E-state index in [1.807, 2.05) is 18.2 Å². The highest BCUT2D eigenvalue weighted by atomic mass is 35.5. The van der Waals surface area contributed by atoms with E-state index in [0.29, 0.717) is 17.1 Å². The lowest BCUT2D eigenvalue weighted by Crippen LogP contribution is -2.01. The van der Waals surface area contributed by atoms with Crippen LogP contribution >= 0.6 is 23.2 Å². The Morgan fingerprint density at radius 1 is 1.38 bits per heavy atom. The molecule has 0 aliphatic carbocycles. The molecule has 0 aromatic heterocycles. The predicted octanol–water partition coefficient (Wildman–Crippen LogP) is 3.16. The molecule has 0 radical (unpaired) electrons. The molecule has 0 fully saturated rings. The minimum atomic E-state index is -0.584. The Bertz CT molecular complexity index is 321. The Balaban J connectivity index is 2.97. The van der Waals surface area contributed by atoms with Crippen molar-refractivity contribution in [2.45, 2.75) is 11.8 Å². The Morgan fingerprint density at radius 3 is 2.54 bits per heavy atom. The molecule has 0 atom stereocenters. The average Bonchev–Trinajstić information content (AvgIpc) is 2.08. The second-order valence-electron chi connectivity index (χ2n) is 2.61. The fourth-order valence-electron chi connectivity index (χ4n) is 0.828. The number of alkyl halides is 2. The molecule has 0 aliphatic heterocycles. The van der Waals surface area contributed by atoms with Crippen molar-refractivity contribution in [3.63, 3.8) is 0 Å². The highest BCUT2D eigenvalue weighted by molar-refractivity contribution is 6.54. The number of anilines is 1. The molecule has 4 heteroatoms. The van der Waals surface area contributed by atoms with E-state index in [1.165, 1.54) is 0 Å². The first-order valence-electron chi connectivity index (χ1n) is 3.79. The van der Waals surface area contributed by atoms with Gasteiger partial charge in [-0.3, -0.25) is 4.99 Å². The van der Waals surface area contributed by atoms with Gasteiger partial charge in [-0.1, -0.05) is 35.3 Å². The molecule has 2 N–H and O–H groups in total. The molecule has 1 aromatic carbocycles. The zero-order valence-corrected chi connectivity index (χ0v) is 8.68. The number of para-hydroxylation sites is 2. The first-order chi connectivity index (χ1) is 6.11. The third-order valence-electron chi connectivity index (χ3n) is 1.55. The van der Waals surface area contributed by atoms with Crippen molar-refractivity contribution in [1.82, 2.24) is 0 Å². The van der Waals surface area contributed by atoms with Gasteiger partial charge in [0.05, 0.1) is 11.4 Å². The van der Waals surface area contributed by atoms with Gasteiger partial charge in [0.25, 0.3) is 0 Å². The summed E-state index contributed by atoms with van der Waals surface area (Å²) in [6, 6.07) is 7.31. The third-order valence-corrected chi connectivity index (χ3v) is 2.18. The van der Waals surface area contributed by atoms with E-state index in [4.69, 9.17) is 28.9 Å². The maximum absolute atomic E-state index is 5.68. The summed E-state index contributed by atoms with van der Waals surface area (Å²) in [5.74, 6) is 0. The summed E-state index contributed by atoms with van der Waals surface area (Å²) >= 11 is 11.2. The van der Waals surface area contributed by atoms with Gasteiger partial charge < -0.3 is 5.73 Å². The predicted molar refractivity (Wildman–Crippen MR) is 59.1 cm³/mol. The molecule has 0 amide bonds. The quantitative estimate of drug-likeness (QED) is 0.461. The summed E-state index contributed by atoms with van der Waals surface area (Å²) in [4.78, 5) is 3.60. The van der Waals surface area contributed by atoms with Crippen molar-refractivity contribution in [2.75, 3.05) is 5.73 Å². The van der Waals surface area contributed by atoms with Crippen LogP contribution in [0.1, 0.15) is 6.92 Å². The first kappa shape index (κ1) is 10.4. The van der Waals surface area contributed by atoms with Crippen molar-refractivity contribution in [2.24, 2.45) is 4.99 Å². The van der Waals surface area contributed by atoms with Crippen LogP contribution < -0.4 is 5.73 Å². The number of nitrogens with zero attached hydrogens (tertiary/aromatic N) is 1. The molecule has 1 rings (SSSR count). The monoisotopic (exact) mass is 216 g/mol. The van der Waals surface area contributed by atoms with Crippen LogP contribution in [0.2, 0.25) is 0 Å². The van der Waals surface area contributed by atoms with Gasteiger partial charge in [-0.05, 0) is 19.1 Å². The summed E-state index contributed by atoms with van der Waals surface area (Å²) in [5.41, 5.74) is 7.64. The standard InChI is InChI=1S/C9H10Cl2N2/c1-6(9(10)11)13-8-5-3-2-4-7(8)12/h2-5,9H,12H2,1H3. The van der Waals surface area contributed by atoms with Crippen molar-refractivity contribution in [1.29, 1.82) is 0 Å². The number of rotatable bonds is 2. The molecule has 0 saturated carbocycles. The number of hydrogen-bond acceptors (Lipinski definition) is 2. The molecule has 0 heterocycles. The molecule has 0 unspecified atom stereocenters. The zero-order chi connectivity index (χ0) is 9.84. The highest BCUT2D eigenvalue weighted by Gasteiger charge is 2.03. The van der Waals surface area contributed by atoms with Gasteiger partial charge in [0, 0.05) is 5.71 Å². The van der Waals surface area contributed by atoms with E-state index in [-0.39, 0.29) is 0 Å². The minimum absolute atomic E-state index is 0.584. The Hall–Kier alpha value is -0.730. The molecule has 0 spiro atoms. The summed E-state index contributed by atoms with van der Waals surface area (Å²) in [6.07, 6.45) is 0. The molecule has 2 nitrogen and oxygen atoms in total. The Kier molecular flexibility index (Phi) is 3.58. The van der Waals surface area contributed by atoms with E-state index >= 15 is 0 Å². The van der Waals surface area contributed by atoms with Gasteiger partial charge in [-0.15, -0.1) is 0 Å². The number of nitrogens with two attached hydrogens (primary N) is 1. The molecule has 0 bridgehead atoms. The second-order valence-corrected chi connectivity index (χ2v) is 3.71. The van der Waals surface area contributed by atoms with Crippen LogP contribution in [-0.4, -0.2) is 10.5 Å². The van der Waals surface area contributed by atoms with Gasteiger partial charge in [-0.25, -0.2) is 0 Å². The molecule has 13 heavy (non-hydrogen) atoms. The number of halogens is 2. The van der Waals surface area contributed by atoms with Crippen LogP contribution in [0.3, 0.4) is 0 Å². The topological polar surface area (TPSA) is 38.4 Å². The third kappa shape index (κ3) is 2.90. The number of benzene rings is 1. The minimum Gasteiger partial charge on any atom is -0.397 e. The van der Waals surface area contributed by atoms with Crippen LogP contribution in [0.4, 0.5) is 11.4 Å². The van der Waals surface area contributed by atoms with E-state index in [9.17, 15) is 0 Å². The highest BCUT2D eigenvalue weighted by Crippen LogP contribution is 2.22. The molecule has 1 aromatic rings. The summed E-state index contributed by atoms with van der Waals surface area (Å²) in [6.45, 7) is 1.76. The number of hydrogen-bond donors (Lipinski definition) is 1. The van der Waals surface area contributed by atoms with Crippen molar-refractivity contribution in [3.05, 3.63) is 24.3 Å². The van der Waals surface area contributed by atoms with Gasteiger partial charge in [0.1, 0.15) is 4.84 Å². The molecule has 0 aliphatic rings. The van der Waals surface area contributed by atoms with Crippen LogP contribution in [0.15, 0.2) is 29.3 Å². The number of nitrogen functional groups attached to an aromatic ring is 1. The van der Waals surface area contributed by atoms with Crippen LogP contribution in [-0.2, 0) is 0 Å². The smallest absolute Gasteiger partial charge is 0.145 e. The molecule has 0 saturated heterocycles. The van der Waals surface area contributed by atoms with Gasteiger partial charge in [0.2, 0.25) is 0 Å². The fraction of sp³-hybridized carbons (Fsp3) is 0.222. The normalized spacial score (nSPS) is 12.2. The van der Waals surface area contributed by atoms with E-state index in [2.05, 4.69) is 4.99 Å². The van der Waals surface area contributed by atoms with E-state index in [1.54, 1.807) is 13.0 Å². The first-order valence-corrected chi connectivity index (χ1v) is 4.66. The van der Waals surface area contributed by atoms with Crippen LogP contribution in [0.5, 0.6) is 0 Å². The zero-order valence-electron chi connectivity index (χ0n) is 7.17. The van der Waals surface area contributed by atoms with Crippen molar-refractivity contribution < 1.29 is 0 Å². The average molecular weight is 217 g/mol. The second kappa shape index (κ2) is 4.49. The maximum Gasteiger partial charge on any atom is 0.145 e. The molecule has 70 valence electrons. The Morgan fingerprint density at radius 2 is 2.00 bits per heavy atom. The maximum atomic E-state index is 5.68. The van der Waals surface area contributed by atoms with Crippen LogP contribution in [0.25, 0.3) is 0 Å². The summed E-state index contributed by atoms with van der Waals surface area (Å²) in [5, 5.41) is 0. The summed E-state index contributed by atoms with van der Waals surface area (Å²) < 4.78 is 0. The van der Waals surface area contributed by atoms with E-state index < -0.39 is 4.84 Å². The fourth-order valence-corrected chi connectivity index (χ4v) is 0.926. The lowest BCUT2D eigenvalue weighted by atomic mass is 10.3.